The number of hydrogen-bond acceptors (Lipinski definition) is 3. The molecular weight excluding hydrogens is 238 g/mol. The Morgan fingerprint density at radius 3 is 2.47 bits per heavy atom. The van der Waals surface area contributed by atoms with Crippen LogP contribution in [-0.2, 0) is 9.59 Å². The van der Waals surface area contributed by atoms with Crippen LogP contribution in [-0.4, -0.2) is 35.0 Å². The van der Waals surface area contributed by atoms with Gasteiger partial charge in [-0.15, -0.1) is 11.8 Å². The van der Waals surface area contributed by atoms with Gasteiger partial charge in [0.15, 0.2) is 0 Å². The van der Waals surface area contributed by atoms with Crippen molar-refractivity contribution in [1.29, 1.82) is 0 Å². The molecule has 4 nitrogen and oxygen atoms in total. The Hall–Kier alpha value is -0.710. The molecule has 0 fully saturated rings. The molecule has 0 heterocycles. The van der Waals surface area contributed by atoms with Crippen LogP contribution in [0.2, 0.25) is 0 Å². The van der Waals surface area contributed by atoms with Gasteiger partial charge in [-0.05, 0) is 11.8 Å². The smallest absolute Gasteiger partial charge is 0.313 e. The molecule has 2 N–H and O–H groups in total. The highest BCUT2D eigenvalue weighted by molar-refractivity contribution is 7.99. The van der Waals surface area contributed by atoms with Gasteiger partial charge < -0.3 is 10.4 Å². The van der Waals surface area contributed by atoms with E-state index in [1.54, 1.807) is 0 Å². The van der Waals surface area contributed by atoms with E-state index in [1.165, 1.54) is 11.8 Å². The molecule has 1 unspecified atom stereocenters. The molecule has 0 saturated carbocycles. The molecule has 0 radical (unpaired) electrons. The van der Waals surface area contributed by atoms with Gasteiger partial charge in [-0.3, -0.25) is 9.59 Å². The monoisotopic (exact) mass is 261 g/mol. The predicted molar refractivity (Wildman–Crippen MR) is 71.2 cm³/mol. The minimum Gasteiger partial charge on any atom is -0.481 e. The van der Waals surface area contributed by atoms with Crippen molar-refractivity contribution in [2.24, 2.45) is 11.8 Å². The van der Waals surface area contributed by atoms with Crippen molar-refractivity contribution in [2.45, 2.75) is 33.6 Å². The first-order valence-corrected chi connectivity index (χ1v) is 7.19. The fourth-order valence-corrected chi connectivity index (χ4v) is 2.15. The summed E-state index contributed by atoms with van der Waals surface area (Å²) in [4.78, 5) is 21.8. The average Bonchev–Trinajstić information content (AvgIpc) is 2.24. The second-order valence-corrected chi connectivity index (χ2v) is 5.52. The molecule has 0 saturated heterocycles. The highest BCUT2D eigenvalue weighted by Gasteiger charge is 2.15. The molecule has 100 valence electrons. The number of nitrogens with one attached hydrogen (secondary N) is 1. The van der Waals surface area contributed by atoms with Crippen molar-refractivity contribution in [3.63, 3.8) is 0 Å². The highest BCUT2D eigenvalue weighted by atomic mass is 32.2. The van der Waals surface area contributed by atoms with Gasteiger partial charge >= 0.3 is 5.97 Å². The number of aliphatic carboxylic acids is 1. The summed E-state index contributed by atoms with van der Waals surface area (Å²) in [5.41, 5.74) is 0. The summed E-state index contributed by atoms with van der Waals surface area (Å²) in [7, 11) is 0. The zero-order chi connectivity index (χ0) is 13.3. The summed E-state index contributed by atoms with van der Waals surface area (Å²) in [5.74, 6) is 0.957. The van der Waals surface area contributed by atoms with Gasteiger partial charge in [0.05, 0.1) is 5.75 Å². The predicted octanol–water partition coefficient (Wildman–Crippen LogP) is 1.99. The molecule has 5 heteroatoms. The van der Waals surface area contributed by atoms with Crippen LogP contribution in [0.25, 0.3) is 0 Å². The van der Waals surface area contributed by atoms with Crippen LogP contribution in [0.15, 0.2) is 0 Å². The third kappa shape index (κ3) is 9.03. The summed E-state index contributed by atoms with van der Waals surface area (Å²) >= 11 is 1.32. The summed E-state index contributed by atoms with van der Waals surface area (Å²) in [6.07, 6.45) is 1.58. The van der Waals surface area contributed by atoms with Gasteiger partial charge in [0.1, 0.15) is 0 Å². The molecule has 0 aliphatic carbocycles. The van der Waals surface area contributed by atoms with Crippen LogP contribution in [0.3, 0.4) is 0 Å². The number of amides is 1. The maximum Gasteiger partial charge on any atom is 0.313 e. The van der Waals surface area contributed by atoms with E-state index in [0.717, 1.165) is 6.42 Å². The van der Waals surface area contributed by atoms with Crippen molar-refractivity contribution < 1.29 is 14.7 Å². The minimum absolute atomic E-state index is 0.0708. The molecular formula is C12H23NO3S. The first-order chi connectivity index (χ1) is 7.97. The molecule has 17 heavy (non-hydrogen) atoms. The molecule has 1 atom stereocenters. The maximum atomic E-state index is 11.6. The van der Waals surface area contributed by atoms with Crippen molar-refractivity contribution in [1.82, 2.24) is 5.32 Å². The minimum atomic E-state index is -0.813. The van der Waals surface area contributed by atoms with Crippen LogP contribution >= 0.6 is 11.8 Å². The zero-order valence-corrected chi connectivity index (χ0v) is 11.7. The quantitative estimate of drug-likeness (QED) is 0.623. The lowest BCUT2D eigenvalue weighted by Gasteiger charge is -2.18. The van der Waals surface area contributed by atoms with Crippen LogP contribution in [0.1, 0.15) is 33.6 Å². The summed E-state index contributed by atoms with van der Waals surface area (Å²) in [6.45, 7) is 6.90. The van der Waals surface area contributed by atoms with Gasteiger partial charge in [0.2, 0.25) is 5.91 Å². The standard InChI is InChI=1S/C12H23NO3S/c1-4-10(9(2)3)7-11(14)13-5-6-17-8-12(15)16/h9-10H,4-8H2,1-3H3,(H,13,14)(H,15,16). The van der Waals surface area contributed by atoms with E-state index in [4.69, 9.17) is 5.11 Å². The van der Waals surface area contributed by atoms with E-state index in [9.17, 15) is 9.59 Å². The summed E-state index contributed by atoms with van der Waals surface area (Å²) in [5, 5.41) is 11.2. The summed E-state index contributed by atoms with van der Waals surface area (Å²) in [6, 6.07) is 0. The zero-order valence-electron chi connectivity index (χ0n) is 10.9. The molecule has 0 aromatic heterocycles. The lowest BCUT2D eigenvalue weighted by molar-refractivity contribution is -0.133. The lowest BCUT2D eigenvalue weighted by atomic mass is 9.90. The first kappa shape index (κ1) is 16.3. The maximum absolute atomic E-state index is 11.6. The second kappa shape index (κ2) is 9.33. The number of carboxylic acids is 1. The second-order valence-electron chi connectivity index (χ2n) is 4.41. The molecule has 0 spiro atoms. The SMILES string of the molecule is CCC(CC(=O)NCCSCC(=O)O)C(C)C. The molecule has 0 aliphatic heterocycles. The normalized spacial score (nSPS) is 12.5. The van der Waals surface area contributed by atoms with E-state index in [0.29, 0.717) is 30.6 Å². The molecule has 0 bridgehead atoms. The molecule has 0 aromatic carbocycles. The third-order valence-electron chi connectivity index (χ3n) is 2.71. The Morgan fingerprint density at radius 2 is 2.00 bits per heavy atom. The third-order valence-corrected chi connectivity index (χ3v) is 3.65. The van der Waals surface area contributed by atoms with Gasteiger partial charge in [0, 0.05) is 18.7 Å². The van der Waals surface area contributed by atoms with E-state index >= 15 is 0 Å². The van der Waals surface area contributed by atoms with Gasteiger partial charge in [-0.2, -0.15) is 0 Å². The van der Waals surface area contributed by atoms with Crippen LogP contribution in [0.5, 0.6) is 0 Å². The molecule has 0 aromatic rings. The van der Waals surface area contributed by atoms with Crippen molar-refractivity contribution >= 4 is 23.6 Å². The summed E-state index contributed by atoms with van der Waals surface area (Å²) < 4.78 is 0. The number of hydrogen-bond donors (Lipinski definition) is 2. The number of carbonyl (C=O) groups excluding carboxylic acids is 1. The van der Waals surface area contributed by atoms with Crippen molar-refractivity contribution in [3.05, 3.63) is 0 Å². The van der Waals surface area contributed by atoms with Gasteiger partial charge in [-0.25, -0.2) is 0 Å². The van der Waals surface area contributed by atoms with E-state index in [1.807, 2.05) is 0 Å². The van der Waals surface area contributed by atoms with Gasteiger partial charge in [-0.1, -0.05) is 27.2 Å². The fraction of sp³-hybridized carbons (Fsp3) is 0.833. The number of carboxylic acid groups (broad SMARTS) is 1. The lowest BCUT2D eigenvalue weighted by Crippen LogP contribution is -2.28. The molecule has 0 aliphatic rings. The average molecular weight is 261 g/mol. The number of carbonyl (C=O) groups is 2. The van der Waals surface area contributed by atoms with Crippen molar-refractivity contribution in [3.8, 4) is 0 Å². The van der Waals surface area contributed by atoms with Crippen molar-refractivity contribution in [2.75, 3.05) is 18.1 Å². The number of rotatable bonds is 9. The molecule has 0 rings (SSSR count). The van der Waals surface area contributed by atoms with Crippen LogP contribution in [0.4, 0.5) is 0 Å². The van der Waals surface area contributed by atoms with Crippen LogP contribution in [0, 0.1) is 11.8 Å². The first-order valence-electron chi connectivity index (χ1n) is 6.03. The van der Waals surface area contributed by atoms with Crippen LogP contribution < -0.4 is 5.32 Å². The van der Waals surface area contributed by atoms with E-state index < -0.39 is 5.97 Å². The van der Waals surface area contributed by atoms with E-state index in [-0.39, 0.29) is 11.7 Å². The Morgan fingerprint density at radius 1 is 1.35 bits per heavy atom. The Bertz CT molecular complexity index is 244. The van der Waals surface area contributed by atoms with E-state index in [2.05, 4.69) is 26.1 Å². The largest absolute Gasteiger partial charge is 0.481 e. The Balaban J connectivity index is 3.62. The molecule has 1 amide bonds. The topological polar surface area (TPSA) is 66.4 Å². The Kier molecular flexibility index (Phi) is 8.94. The number of thioether (sulfide) groups is 1. The fourth-order valence-electron chi connectivity index (χ4n) is 1.58. The highest BCUT2D eigenvalue weighted by Crippen LogP contribution is 2.18. The van der Waals surface area contributed by atoms with Gasteiger partial charge in [0.25, 0.3) is 0 Å². The Labute approximate surface area is 108 Å².